The SMILES string of the molecule is COc1ccccc1OC(=O)Nc1ccc(Cc2ccc(NC(=O)Oc3ccccc3OC)cc2)cc1. The molecule has 8 heteroatoms. The number of nitrogens with one attached hydrogen (secondary N) is 2. The molecule has 4 rings (SSSR count). The minimum atomic E-state index is -0.607. The Bertz CT molecular complexity index is 1250. The van der Waals surface area contributed by atoms with Gasteiger partial charge in [-0.25, -0.2) is 9.59 Å². The maximum atomic E-state index is 12.2. The van der Waals surface area contributed by atoms with Gasteiger partial charge in [0, 0.05) is 11.4 Å². The normalized spacial score (nSPS) is 10.2. The number of hydrogen-bond donors (Lipinski definition) is 2. The van der Waals surface area contributed by atoms with Gasteiger partial charge in [0.15, 0.2) is 23.0 Å². The lowest BCUT2D eigenvalue weighted by molar-refractivity contribution is 0.212. The fraction of sp³-hybridized carbons (Fsp3) is 0.103. The number of carbonyl (C=O) groups excluding carboxylic acids is 2. The molecular weight excluding hydrogens is 472 g/mol. The van der Waals surface area contributed by atoms with Crippen molar-refractivity contribution in [1.82, 2.24) is 0 Å². The molecular formula is C29H26N2O6. The third kappa shape index (κ3) is 7.02. The molecule has 0 aromatic heterocycles. The quantitative estimate of drug-likeness (QED) is 0.287. The predicted molar refractivity (Wildman–Crippen MR) is 141 cm³/mol. The Morgan fingerprint density at radius 3 is 1.24 bits per heavy atom. The van der Waals surface area contributed by atoms with Gasteiger partial charge in [-0.05, 0) is 66.1 Å². The summed E-state index contributed by atoms with van der Waals surface area (Å²) in [7, 11) is 3.03. The number of para-hydroxylation sites is 4. The van der Waals surface area contributed by atoms with Crippen molar-refractivity contribution in [2.75, 3.05) is 24.9 Å². The molecule has 0 aliphatic heterocycles. The Kier molecular flexibility index (Phi) is 8.23. The van der Waals surface area contributed by atoms with Gasteiger partial charge in [0.25, 0.3) is 0 Å². The molecule has 0 aliphatic carbocycles. The van der Waals surface area contributed by atoms with Crippen molar-refractivity contribution in [3.8, 4) is 23.0 Å². The van der Waals surface area contributed by atoms with Crippen molar-refractivity contribution in [3.63, 3.8) is 0 Å². The molecule has 0 spiro atoms. The molecule has 0 bridgehead atoms. The summed E-state index contributed by atoms with van der Waals surface area (Å²) in [5.41, 5.74) is 3.33. The molecule has 0 radical (unpaired) electrons. The Balaban J connectivity index is 1.28. The Morgan fingerprint density at radius 1 is 0.541 bits per heavy atom. The maximum absolute atomic E-state index is 12.2. The third-order valence-corrected chi connectivity index (χ3v) is 5.35. The van der Waals surface area contributed by atoms with Gasteiger partial charge in [0.2, 0.25) is 0 Å². The molecule has 0 heterocycles. The minimum Gasteiger partial charge on any atom is -0.493 e. The number of carbonyl (C=O) groups is 2. The van der Waals surface area contributed by atoms with E-state index in [9.17, 15) is 9.59 Å². The highest BCUT2D eigenvalue weighted by molar-refractivity contribution is 5.87. The van der Waals surface area contributed by atoms with Crippen LogP contribution in [0.15, 0.2) is 97.1 Å². The summed E-state index contributed by atoms with van der Waals surface area (Å²) in [6.45, 7) is 0. The lowest BCUT2D eigenvalue weighted by Gasteiger charge is -2.11. The molecule has 4 aromatic carbocycles. The molecule has 0 saturated heterocycles. The molecule has 8 nitrogen and oxygen atoms in total. The highest BCUT2D eigenvalue weighted by atomic mass is 16.6. The topological polar surface area (TPSA) is 95.1 Å². The van der Waals surface area contributed by atoms with Crippen molar-refractivity contribution in [1.29, 1.82) is 0 Å². The third-order valence-electron chi connectivity index (χ3n) is 5.35. The van der Waals surface area contributed by atoms with Gasteiger partial charge in [-0.1, -0.05) is 48.5 Å². The van der Waals surface area contributed by atoms with E-state index in [1.807, 2.05) is 48.5 Å². The zero-order valence-electron chi connectivity index (χ0n) is 20.4. The second-order valence-electron chi connectivity index (χ2n) is 7.90. The average molecular weight is 499 g/mol. The summed E-state index contributed by atoms with van der Waals surface area (Å²) in [6.07, 6.45) is -0.535. The van der Waals surface area contributed by atoms with E-state index in [1.54, 1.807) is 48.5 Å². The number of ether oxygens (including phenoxy) is 4. The summed E-state index contributed by atoms with van der Waals surface area (Å²) in [5, 5.41) is 5.41. The van der Waals surface area contributed by atoms with Crippen molar-refractivity contribution in [2.24, 2.45) is 0 Å². The molecule has 4 aromatic rings. The van der Waals surface area contributed by atoms with E-state index in [0.717, 1.165) is 11.1 Å². The lowest BCUT2D eigenvalue weighted by atomic mass is 10.0. The molecule has 0 unspecified atom stereocenters. The second-order valence-corrected chi connectivity index (χ2v) is 7.90. The molecule has 0 fully saturated rings. The van der Waals surface area contributed by atoms with Gasteiger partial charge < -0.3 is 18.9 Å². The van der Waals surface area contributed by atoms with Crippen LogP contribution >= 0.6 is 0 Å². The number of rotatable bonds is 8. The van der Waals surface area contributed by atoms with Crippen molar-refractivity contribution in [2.45, 2.75) is 6.42 Å². The fourth-order valence-corrected chi connectivity index (χ4v) is 3.54. The Labute approximate surface area is 214 Å². The predicted octanol–water partition coefficient (Wildman–Crippen LogP) is 6.52. The van der Waals surface area contributed by atoms with Gasteiger partial charge in [0.1, 0.15) is 0 Å². The van der Waals surface area contributed by atoms with Gasteiger partial charge in [-0.2, -0.15) is 0 Å². The van der Waals surface area contributed by atoms with Crippen LogP contribution in [0.1, 0.15) is 11.1 Å². The van der Waals surface area contributed by atoms with Gasteiger partial charge in [0.05, 0.1) is 14.2 Å². The maximum Gasteiger partial charge on any atom is 0.417 e. The summed E-state index contributed by atoms with van der Waals surface area (Å²) in [6, 6.07) is 28.8. The van der Waals surface area contributed by atoms with Crippen LogP contribution in [0.25, 0.3) is 0 Å². The molecule has 0 atom stereocenters. The van der Waals surface area contributed by atoms with Gasteiger partial charge in [-0.3, -0.25) is 10.6 Å². The minimum absolute atomic E-state index is 0.338. The fourth-order valence-electron chi connectivity index (χ4n) is 3.54. The number of amides is 2. The average Bonchev–Trinajstić information content (AvgIpc) is 2.91. The molecule has 0 saturated carbocycles. The van der Waals surface area contributed by atoms with E-state index in [0.29, 0.717) is 40.8 Å². The first-order valence-electron chi connectivity index (χ1n) is 11.5. The van der Waals surface area contributed by atoms with Crippen molar-refractivity contribution < 1.29 is 28.5 Å². The van der Waals surface area contributed by atoms with E-state index >= 15 is 0 Å². The largest absolute Gasteiger partial charge is 0.493 e. The summed E-state index contributed by atoms with van der Waals surface area (Å²) in [4.78, 5) is 24.5. The highest BCUT2D eigenvalue weighted by Gasteiger charge is 2.11. The van der Waals surface area contributed by atoms with Gasteiger partial charge >= 0.3 is 12.2 Å². The Hall–Kier alpha value is -4.98. The van der Waals surface area contributed by atoms with Crippen LogP contribution < -0.4 is 29.6 Å². The zero-order valence-corrected chi connectivity index (χ0v) is 20.4. The van der Waals surface area contributed by atoms with Crippen LogP contribution in [0.3, 0.4) is 0 Å². The van der Waals surface area contributed by atoms with Crippen LogP contribution in [0.2, 0.25) is 0 Å². The van der Waals surface area contributed by atoms with Crippen LogP contribution in [0.5, 0.6) is 23.0 Å². The zero-order chi connectivity index (χ0) is 26.0. The Morgan fingerprint density at radius 2 is 0.892 bits per heavy atom. The smallest absolute Gasteiger partial charge is 0.417 e. The number of hydrogen-bond acceptors (Lipinski definition) is 6. The van der Waals surface area contributed by atoms with Crippen LogP contribution in [0, 0.1) is 0 Å². The monoisotopic (exact) mass is 498 g/mol. The summed E-state index contributed by atoms with van der Waals surface area (Å²) >= 11 is 0. The van der Waals surface area contributed by atoms with Crippen LogP contribution in [-0.4, -0.2) is 26.4 Å². The van der Waals surface area contributed by atoms with Crippen LogP contribution in [0.4, 0.5) is 21.0 Å². The summed E-state index contributed by atoms with van der Waals surface area (Å²) in [5.74, 6) is 1.63. The number of methoxy groups -OCH3 is 2. The lowest BCUT2D eigenvalue weighted by Crippen LogP contribution is -2.17. The van der Waals surface area contributed by atoms with E-state index in [2.05, 4.69) is 10.6 Å². The van der Waals surface area contributed by atoms with Crippen molar-refractivity contribution >= 4 is 23.6 Å². The first-order valence-corrected chi connectivity index (χ1v) is 11.5. The molecule has 37 heavy (non-hydrogen) atoms. The van der Waals surface area contributed by atoms with E-state index in [-0.39, 0.29) is 0 Å². The van der Waals surface area contributed by atoms with Crippen LogP contribution in [-0.2, 0) is 6.42 Å². The van der Waals surface area contributed by atoms with E-state index in [1.165, 1.54) is 14.2 Å². The summed E-state index contributed by atoms with van der Waals surface area (Å²) < 4.78 is 21.0. The standard InChI is InChI=1S/C29H26N2O6/c1-34-24-7-3-5-9-26(24)36-28(32)30-22-15-11-20(12-16-22)19-21-13-17-23(18-14-21)31-29(33)37-27-10-6-4-8-25(27)35-2/h3-18H,19H2,1-2H3,(H,30,32)(H,31,33). The highest BCUT2D eigenvalue weighted by Crippen LogP contribution is 2.27. The molecule has 188 valence electrons. The number of anilines is 2. The molecule has 2 N–H and O–H groups in total. The number of benzene rings is 4. The molecule has 2 amide bonds. The van der Waals surface area contributed by atoms with Crippen molar-refractivity contribution in [3.05, 3.63) is 108 Å². The second kappa shape index (κ2) is 12.1. The van der Waals surface area contributed by atoms with E-state index in [4.69, 9.17) is 18.9 Å². The first kappa shape index (κ1) is 25.1. The first-order chi connectivity index (χ1) is 18.0. The van der Waals surface area contributed by atoms with Gasteiger partial charge in [-0.15, -0.1) is 0 Å². The van der Waals surface area contributed by atoms with E-state index < -0.39 is 12.2 Å². The molecule has 0 aliphatic rings.